The Hall–Kier alpha value is -2.08. The molecular formula is C15H18N4O2. The van der Waals surface area contributed by atoms with Gasteiger partial charge in [-0.1, -0.05) is 18.2 Å². The van der Waals surface area contributed by atoms with Crippen LogP contribution in [-0.4, -0.2) is 55.6 Å². The van der Waals surface area contributed by atoms with Gasteiger partial charge < -0.3 is 15.0 Å². The third-order valence-corrected chi connectivity index (χ3v) is 4.18. The number of amidine groups is 1. The van der Waals surface area contributed by atoms with Crippen LogP contribution in [0.1, 0.15) is 5.56 Å². The largest absolute Gasteiger partial charge is 0.374 e. The molecule has 1 fully saturated rings. The van der Waals surface area contributed by atoms with E-state index in [4.69, 9.17) is 4.74 Å². The van der Waals surface area contributed by atoms with Crippen molar-refractivity contribution in [2.45, 2.75) is 12.6 Å². The predicted octanol–water partition coefficient (Wildman–Crippen LogP) is 0.829. The van der Waals surface area contributed by atoms with Crippen LogP contribution in [0.5, 0.6) is 0 Å². The molecule has 2 amide bonds. The van der Waals surface area contributed by atoms with Crippen molar-refractivity contribution < 1.29 is 9.53 Å². The average molecular weight is 286 g/mol. The summed E-state index contributed by atoms with van der Waals surface area (Å²) in [6.07, 6.45) is 0. The fourth-order valence-corrected chi connectivity index (χ4v) is 3.19. The van der Waals surface area contributed by atoms with E-state index in [9.17, 15) is 4.79 Å². The van der Waals surface area contributed by atoms with E-state index in [0.717, 1.165) is 30.2 Å². The van der Waals surface area contributed by atoms with Crippen LogP contribution in [0.3, 0.4) is 0 Å². The van der Waals surface area contributed by atoms with Gasteiger partial charge in [0.25, 0.3) is 0 Å². The predicted molar refractivity (Wildman–Crippen MR) is 79.6 cm³/mol. The van der Waals surface area contributed by atoms with Gasteiger partial charge in [0, 0.05) is 18.7 Å². The molecule has 0 saturated carbocycles. The Labute approximate surface area is 123 Å². The lowest BCUT2D eigenvalue weighted by molar-refractivity contribution is 0.114. The van der Waals surface area contributed by atoms with E-state index < -0.39 is 0 Å². The van der Waals surface area contributed by atoms with Gasteiger partial charge in [-0.2, -0.15) is 0 Å². The number of aliphatic imine (C=N–C) groups is 1. The number of anilines is 1. The maximum absolute atomic E-state index is 12.8. The van der Waals surface area contributed by atoms with E-state index in [1.54, 1.807) is 0 Å². The van der Waals surface area contributed by atoms with E-state index in [0.29, 0.717) is 26.3 Å². The first-order valence-corrected chi connectivity index (χ1v) is 7.34. The molecule has 0 spiro atoms. The molecule has 1 aromatic carbocycles. The molecule has 110 valence electrons. The number of amides is 2. The molecule has 4 rings (SSSR count). The lowest BCUT2D eigenvalue weighted by Crippen LogP contribution is -2.39. The molecule has 0 aliphatic carbocycles. The van der Waals surface area contributed by atoms with Crippen LogP contribution in [0.2, 0.25) is 0 Å². The zero-order valence-electron chi connectivity index (χ0n) is 11.8. The molecule has 3 aliphatic heterocycles. The Morgan fingerprint density at radius 1 is 1.38 bits per heavy atom. The molecule has 1 N–H and O–H groups in total. The molecule has 0 aromatic heterocycles. The van der Waals surface area contributed by atoms with Gasteiger partial charge >= 0.3 is 6.03 Å². The van der Waals surface area contributed by atoms with Gasteiger partial charge in [-0.3, -0.25) is 9.89 Å². The third-order valence-electron chi connectivity index (χ3n) is 4.18. The summed E-state index contributed by atoms with van der Waals surface area (Å²) >= 11 is 0. The van der Waals surface area contributed by atoms with Crippen LogP contribution in [-0.2, 0) is 11.3 Å². The smallest absolute Gasteiger partial charge is 0.325 e. The molecule has 1 saturated heterocycles. The lowest BCUT2D eigenvalue weighted by Gasteiger charge is -2.22. The Morgan fingerprint density at radius 3 is 3.14 bits per heavy atom. The van der Waals surface area contributed by atoms with Crippen LogP contribution >= 0.6 is 0 Å². The number of carbonyl (C=O) groups excluding carboxylic acids is 1. The number of urea groups is 1. The van der Waals surface area contributed by atoms with Crippen LogP contribution in [0.15, 0.2) is 29.3 Å². The second-order valence-electron chi connectivity index (χ2n) is 5.59. The van der Waals surface area contributed by atoms with E-state index >= 15 is 0 Å². The number of para-hydroxylation sites is 1. The van der Waals surface area contributed by atoms with Gasteiger partial charge in [-0.05, 0) is 6.07 Å². The molecule has 6 heteroatoms. The first-order chi connectivity index (χ1) is 10.3. The minimum absolute atomic E-state index is 0.0503. The molecule has 1 unspecified atom stereocenters. The van der Waals surface area contributed by atoms with Crippen molar-refractivity contribution in [2.24, 2.45) is 4.99 Å². The topological polar surface area (TPSA) is 57.2 Å². The third kappa shape index (κ3) is 2.15. The normalized spacial score (nSPS) is 24.3. The molecule has 0 radical (unpaired) electrons. The summed E-state index contributed by atoms with van der Waals surface area (Å²) in [6, 6.07) is 8.12. The molecule has 6 nitrogen and oxygen atoms in total. The maximum Gasteiger partial charge on any atom is 0.325 e. The van der Waals surface area contributed by atoms with Crippen molar-refractivity contribution in [3.05, 3.63) is 29.8 Å². The Kier molecular flexibility index (Phi) is 3.03. The Balaban J connectivity index is 1.61. The van der Waals surface area contributed by atoms with Crippen LogP contribution < -0.4 is 10.2 Å². The molecule has 3 aliphatic rings. The number of hydrogen-bond acceptors (Lipinski definition) is 4. The van der Waals surface area contributed by atoms with Crippen molar-refractivity contribution in [3.8, 4) is 0 Å². The Morgan fingerprint density at radius 2 is 2.29 bits per heavy atom. The number of hydrogen-bond donors (Lipinski definition) is 1. The highest BCUT2D eigenvalue weighted by atomic mass is 16.5. The fourth-order valence-electron chi connectivity index (χ4n) is 3.19. The number of fused-ring (bicyclic) bond motifs is 3. The summed E-state index contributed by atoms with van der Waals surface area (Å²) in [5.41, 5.74) is 2.06. The number of nitrogens with zero attached hydrogens (tertiary/aromatic N) is 3. The highest BCUT2D eigenvalue weighted by molar-refractivity contribution is 5.99. The van der Waals surface area contributed by atoms with Crippen molar-refractivity contribution in [1.29, 1.82) is 0 Å². The molecule has 3 heterocycles. The van der Waals surface area contributed by atoms with Gasteiger partial charge in [0.05, 0.1) is 38.0 Å². The van der Waals surface area contributed by atoms with Crippen molar-refractivity contribution >= 4 is 17.6 Å². The first kappa shape index (κ1) is 12.6. The summed E-state index contributed by atoms with van der Waals surface area (Å²) in [5.74, 6) is 0.912. The first-order valence-electron chi connectivity index (χ1n) is 7.34. The van der Waals surface area contributed by atoms with E-state index in [1.807, 2.05) is 34.1 Å². The zero-order chi connectivity index (χ0) is 14.2. The van der Waals surface area contributed by atoms with E-state index in [-0.39, 0.29) is 12.1 Å². The van der Waals surface area contributed by atoms with Crippen LogP contribution in [0, 0.1) is 0 Å². The van der Waals surface area contributed by atoms with E-state index in [1.165, 1.54) is 0 Å². The number of carbonyl (C=O) groups is 1. The highest BCUT2D eigenvalue weighted by Gasteiger charge is 2.40. The second kappa shape index (κ2) is 5.04. The van der Waals surface area contributed by atoms with Gasteiger partial charge in [-0.15, -0.1) is 0 Å². The lowest BCUT2D eigenvalue weighted by atomic mass is 10.1. The zero-order valence-corrected chi connectivity index (χ0v) is 11.8. The maximum atomic E-state index is 12.8. The van der Waals surface area contributed by atoms with Gasteiger partial charge in [0.1, 0.15) is 5.84 Å². The molecular weight excluding hydrogens is 268 g/mol. The average Bonchev–Trinajstić information content (AvgIpc) is 3.05. The number of nitrogens with one attached hydrogen (secondary N) is 1. The van der Waals surface area contributed by atoms with Crippen molar-refractivity contribution in [3.63, 3.8) is 0 Å². The van der Waals surface area contributed by atoms with Crippen LogP contribution in [0.25, 0.3) is 0 Å². The van der Waals surface area contributed by atoms with Crippen LogP contribution in [0.4, 0.5) is 10.5 Å². The molecule has 1 aromatic rings. The summed E-state index contributed by atoms with van der Waals surface area (Å²) in [4.78, 5) is 20.9. The quantitative estimate of drug-likeness (QED) is 0.876. The Bertz CT molecular complexity index is 601. The second-order valence-corrected chi connectivity index (χ2v) is 5.59. The van der Waals surface area contributed by atoms with Crippen molar-refractivity contribution in [2.75, 3.05) is 37.7 Å². The number of benzene rings is 1. The summed E-state index contributed by atoms with van der Waals surface area (Å²) in [5, 5.41) is 3.22. The monoisotopic (exact) mass is 286 g/mol. The summed E-state index contributed by atoms with van der Waals surface area (Å²) in [6.45, 7) is 4.08. The minimum atomic E-state index is 0.0503. The number of ether oxygens (including phenoxy) is 1. The van der Waals surface area contributed by atoms with E-state index in [2.05, 4.69) is 10.3 Å². The summed E-state index contributed by atoms with van der Waals surface area (Å²) < 4.78 is 5.74. The fraction of sp³-hybridized carbons (Fsp3) is 0.467. The standard InChI is InChI=1S/C15H18N4O2/c20-15-18(8-14-16-5-6-17-14)7-12-10-21-9-11-3-1-2-4-13(11)19(12)15/h1-4,12H,5-10H2,(H,16,17). The molecule has 21 heavy (non-hydrogen) atoms. The van der Waals surface area contributed by atoms with Crippen molar-refractivity contribution in [1.82, 2.24) is 10.2 Å². The van der Waals surface area contributed by atoms with Gasteiger partial charge in [-0.25, -0.2) is 4.79 Å². The highest BCUT2D eigenvalue weighted by Crippen LogP contribution is 2.31. The minimum Gasteiger partial charge on any atom is -0.374 e. The summed E-state index contributed by atoms with van der Waals surface area (Å²) in [7, 11) is 0. The number of rotatable bonds is 2. The molecule has 1 atom stereocenters. The van der Waals surface area contributed by atoms with Gasteiger partial charge in [0.15, 0.2) is 0 Å². The molecule has 0 bridgehead atoms. The SMILES string of the molecule is O=C1N(CC2=NCCN2)CC2COCc3ccccc3N12. The van der Waals surface area contributed by atoms with Gasteiger partial charge in [0.2, 0.25) is 0 Å².